The van der Waals surface area contributed by atoms with E-state index < -0.39 is 5.60 Å². The lowest BCUT2D eigenvalue weighted by atomic mass is 9.73. The molecule has 1 heterocycles. The van der Waals surface area contributed by atoms with Gasteiger partial charge in [0.1, 0.15) is 0 Å². The molecular formula is C9H13NO2. The van der Waals surface area contributed by atoms with Crippen molar-refractivity contribution in [3.05, 3.63) is 24.2 Å². The standard InChI is InChI=1S/C9H13NO2/c10-8-4-9(11,5-8)3-7-1-2-12-6-7/h1-2,6,8,11H,3-5,10H2. The van der Waals surface area contributed by atoms with Crippen molar-refractivity contribution in [2.75, 3.05) is 0 Å². The molecule has 3 nitrogen and oxygen atoms in total. The first-order valence-corrected chi connectivity index (χ1v) is 4.17. The van der Waals surface area contributed by atoms with Crippen LogP contribution in [0.5, 0.6) is 0 Å². The van der Waals surface area contributed by atoms with Gasteiger partial charge in [0.2, 0.25) is 0 Å². The summed E-state index contributed by atoms with van der Waals surface area (Å²) >= 11 is 0. The maximum atomic E-state index is 9.83. The Hall–Kier alpha value is -0.800. The maximum absolute atomic E-state index is 9.83. The van der Waals surface area contributed by atoms with Gasteiger partial charge in [0.05, 0.1) is 18.1 Å². The van der Waals surface area contributed by atoms with Crippen LogP contribution in [0.1, 0.15) is 18.4 Å². The van der Waals surface area contributed by atoms with Crippen molar-refractivity contribution >= 4 is 0 Å². The molecule has 1 aromatic heterocycles. The zero-order valence-electron chi connectivity index (χ0n) is 6.86. The highest BCUT2D eigenvalue weighted by molar-refractivity contribution is 5.13. The van der Waals surface area contributed by atoms with Gasteiger partial charge >= 0.3 is 0 Å². The number of hydrogen-bond donors (Lipinski definition) is 2. The zero-order valence-corrected chi connectivity index (χ0v) is 6.86. The van der Waals surface area contributed by atoms with Crippen LogP contribution in [0, 0.1) is 0 Å². The average Bonchev–Trinajstić information content (AvgIpc) is 2.36. The first-order valence-electron chi connectivity index (χ1n) is 4.17. The Morgan fingerprint density at radius 2 is 2.42 bits per heavy atom. The molecule has 0 aliphatic heterocycles. The van der Waals surface area contributed by atoms with Crippen LogP contribution in [0.25, 0.3) is 0 Å². The Balaban J connectivity index is 1.96. The molecule has 0 amide bonds. The first-order chi connectivity index (χ1) is 5.68. The fourth-order valence-electron chi connectivity index (χ4n) is 1.83. The van der Waals surface area contributed by atoms with Gasteiger partial charge in [-0.2, -0.15) is 0 Å². The third-order valence-electron chi connectivity index (χ3n) is 2.40. The Morgan fingerprint density at radius 3 is 2.92 bits per heavy atom. The average molecular weight is 167 g/mol. The van der Waals surface area contributed by atoms with E-state index >= 15 is 0 Å². The fraction of sp³-hybridized carbons (Fsp3) is 0.556. The van der Waals surface area contributed by atoms with Crippen molar-refractivity contribution in [3.63, 3.8) is 0 Å². The first kappa shape index (κ1) is 7.83. The van der Waals surface area contributed by atoms with Crippen LogP contribution in [0.3, 0.4) is 0 Å². The highest BCUT2D eigenvalue weighted by atomic mass is 16.3. The van der Waals surface area contributed by atoms with Gasteiger partial charge in [0.15, 0.2) is 0 Å². The summed E-state index contributed by atoms with van der Waals surface area (Å²) in [5, 5.41) is 9.83. The number of rotatable bonds is 2. The van der Waals surface area contributed by atoms with Gasteiger partial charge in [-0.15, -0.1) is 0 Å². The van der Waals surface area contributed by atoms with Crippen molar-refractivity contribution in [2.45, 2.75) is 30.9 Å². The van der Waals surface area contributed by atoms with E-state index in [0.29, 0.717) is 19.3 Å². The highest BCUT2D eigenvalue weighted by Gasteiger charge is 2.40. The normalized spacial score (nSPS) is 34.7. The topological polar surface area (TPSA) is 59.4 Å². The Kier molecular flexibility index (Phi) is 1.70. The molecule has 3 N–H and O–H groups in total. The third kappa shape index (κ3) is 1.38. The molecule has 3 heteroatoms. The predicted molar refractivity (Wildman–Crippen MR) is 44.6 cm³/mol. The lowest BCUT2D eigenvalue weighted by Gasteiger charge is -2.41. The van der Waals surface area contributed by atoms with E-state index in [1.807, 2.05) is 6.07 Å². The largest absolute Gasteiger partial charge is 0.472 e. The van der Waals surface area contributed by atoms with Crippen LogP contribution in [0.4, 0.5) is 0 Å². The van der Waals surface area contributed by atoms with Crippen molar-refractivity contribution in [2.24, 2.45) is 5.73 Å². The van der Waals surface area contributed by atoms with Crippen LogP contribution in [0.15, 0.2) is 23.0 Å². The molecule has 1 aliphatic rings. The van der Waals surface area contributed by atoms with E-state index in [-0.39, 0.29) is 6.04 Å². The summed E-state index contributed by atoms with van der Waals surface area (Å²) in [6.07, 6.45) is 5.37. The zero-order chi connectivity index (χ0) is 8.60. The molecule has 0 bridgehead atoms. The van der Waals surface area contributed by atoms with Crippen LogP contribution in [0.2, 0.25) is 0 Å². The number of furan rings is 1. The number of hydrogen-bond acceptors (Lipinski definition) is 3. The summed E-state index contributed by atoms with van der Waals surface area (Å²) in [5.74, 6) is 0. The molecule has 12 heavy (non-hydrogen) atoms. The smallest absolute Gasteiger partial charge is 0.0935 e. The van der Waals surface area contributed by atoms with Gasteiger partial charge in [-0.3, -0.25) is 0 Å². The number of nitrogens with two attached hydrogens (primary N) is 1. The molecule has 1 aliphatic carbocycles. The summed E-state index contributed by atoms with van der Waals surface area (Å²) in [6, 6.07) is 2.06. The van der Waals surface area contributed by atoms with Crippen LogP contribution >= 0.6 is 0 Å². The summed E-state index contributed by atoms with van der Waals surface area (Å²) in [6.45, 7) is 0. The summed E-state index contributed by atoms with van der Waals surface area (Å²) in [5.41, 5.74) is 6.08. The predicted octanol–water partition coefficient (Wildman–Crippen LogP) is 0.674. The second-order valence-electron chi connectivity index (χ2n) is 3.70. The molecule has 1 aromatic rings. The van der Waals surface area contributed by atoms with E-state index in [9.17, 15) is 5.11 Å². The Bertz CT molecular complexity index is 250. The minimum Gasteiger partial charge on any atom is -0.472 e. The van der Waals surface area contributed by atoms with Crippen molar-refractivity contribution in [1.29, 1.82) is 0 Å². The monoisotopic (exact) mass is 167 g/mol. The molecular weight excluding hydrogens is 154 g/mol. The molecule has 1 fully saturated rings. The van der Waals surface area contributed by atoms with Gasteiger partial charge in [0.25, 0.3) is 0 Å². The van der Waals surface area contributed by atoms with Crippen LogP contribution < -0.4 is 5.73 Å². The fourth-order valence-corrected chi connectivity index (χ4v) is 1.83. The summed E-state index contributed by atoms with van der Waals surface area (Å²) in [7, 11) is 0. The molecule has 0 radical (unpaired) electrons. The molecule has 0 unspecified atom stereocenters. The highest BCUT2D eigenvalue weighted by Crippen LogP contribution is 2.33. The lowest BCUT2D eigenvalue weighted by molar-refractivity contribution is -0.0456. The molecule has 2 rings (SSSR count). The van der Waals surface area contributed by atoms with Gasteiger partial charge < -0.3 is 15.3 Å². The molecule has 0 spiro atoms. The minimum absolute atomic E-state index is 0.182. The van der Waals surface area contributed by atoms with Gasteiger partial charge in [0, 0.05) is 12.5 Å². The van der Waals surface area contributed by atoms with Crippen molar-refractivity contribution < 1.29 is 9.52 Å². The van der Waals surface area contributed by atoms with E-state index in [0.717, 1.165) is 5.56 Å². The van der Waals surface area contributed by atoms with E-state index in [2.05, 4.69) is 0 Å². The van der Waals surface area contributed by atoms with Gasteiger partial charge in [-0.25, -0.2) is 0 Å². The Morgan fingerprint density at radius 1 is 1.67 bits per heavy atom. The minimum atomic E-state index is -0.566. The maximum Gasteiger partial charge on any atom is 0.0935 e. The van der Waals surface area contributed by atoms with Gasteiger partial charge in [-0.05, 0) is 24.5 Å². The van der Waals surface area contributed by atoms with Crippen molar-refractivity contribution in [1.82, 2.24) is 0 Å². The molecule has 0 aromatic carbocycles. The second kappa shape index (κ2) is 2.61. The van der Waals surface area contributed by atoms with E-state index in [4.69, 9.17) is 10.2 Å². The Labute approximate surface area is 71.2 Å². The summed E-state index contributed by atoms with van der Waals surface area (Å²) in [4.78, 5) is 0. The van der Waals surface area contributed by atoms with Crippen molar-refractivity contribution in [3.8, 4) is 0 Å². The molecule has 0 atom stereocenters. The van der Waals surface area contributed by atoms with Gasteiger partial charge in [-0.1, -0.05) is 0 Å². The van der Waals surface area contributed by atoms with E-state index in [1.165, 1.54) is 0 Å². The SMILES string of the molecule is NC1CC(O)(Cc2ccoc2)C1. The molecule has 0 saturated heterocycles. The lowest BCUT2D eigenvalue weighted by Crippen LogP contribution is -2.52. The second-order valence-corrected chi connectivity index (χ2v) is 3.70. The number of aliphatic hydroxyl groups is 1. The van der Waals surface area contributed by atoms with Crippen LogP contribution in [-0.2, 0) is 6.42 Å². The van der Waals surface area contributed by atoms with E-state index in [1.54, 1.807) is 12.5 Å². The van der Waals surface area contributed by atoms with Crippen LogP contribution in [-0.4, -0.2) is 16.7 Å². The molecule has 66 valence electrons. The third-order valence-corrected chi connectivity index (χ3v) is 2.40. The summed E-state index contributed by atoms with van der Waals surface area (Å²) < 4.78 is 4.91. The quantitative estimate of drug-likeness (QED) is 0.680. The molecule has 1 saturated carbocycles.